The smallest absolute Gasteiger partial charge is 0.101 e. The molecule has 1 aliphatic rings. The molecule has 1 heterocycles. The number of rotatable bonds is 2. The second-order valence-electron chi connectivity index (χ2n) is 5.12. The van der Waals surface area contributed by atoms with E-state index in [2.05, 4.69) is 42.0 Å². The lowest BCUT2D eigenvalue weighted by Crippen LogP contribution is -2.51. The third kappa shape index (κ3) is 2.49. The first kappa shape index (κ1) is 12.9. The number of nitriles is 1. The van der Waals surface area contributed by atoms with Gasteiger partial charge in [0.25, 0.3) is 0 Å². The van der Waals surface area contributed by atoms with Crippen molar-refractivity contribution < 1.29 is 0 Å². The van der Waals surface area contributed by atoms with Crippen LogP contribution in [-0.4, -0.2) is 37.6 Å². The van der Waals surface area contributed by atoms with E-state index in [1.54, 1.807) is 0 Å². The third-order valence-corrected chi connectivity index (χ3v) is 3.86. The minimum atomic E-state index is 0.589. The van der Waals surface area contributed by atoms with Crippen molar-refractivity contribution in [3.05, 3.63) is 29.3 Å². The number of likely N-dealkylation sites (N-methyl/N-ethyl adjacent to an activating group) is 1. The maximum atomic E-state index is 9.26. The van der Waals surface area contributed by atoms with Crippen LogP contribution in [-0.2, 0) is 0 Å². The number of piperazine rings is 1. The number of aryl methyl sites for hydroxylation is 1. The van der Waals surface area contributed by atoms with Crippen molar-refractivity contribution in [1.29, 1.82) is 5.26 Å². The van der Waals surface area contributed by atoms with Gasteiger partial charge in [0.15, 0.2) is 0 Å². The van der Waals surface area contributed by atoms with E-state index < -0.39 is 0 Å². The lowest BCUT2D eigenvalue weighted by atomic mass is 10.1. The summed E-state index contributed by atoms with van der Waals surface area (Å²) in [6.45, 7) is 7.35. The summed E-state index contributed by atoms with van der Waals surface area (Å²) in [6.07, 6.45) is 1.15. The van der Waals surface area contributed by atoms with Gasteiger partial charge in [0.05, 0.1) is 11.3 Å². The molecule has 0 radical (unpaired) electrons. The molecule has 0 spiro atoms. The summed E-state index contributed by atoms with van der Waals surface area (Å²) < 4.78 is 0. The van der Waals surface area contributed by atoms with E-state index in [1.165, 1.54) is 0 Å². The van der Waals surface area contributed by atoms with E-state index >= 15 is 0 Å². The Kier molecular flexibility index (Phi) is 3.88. The van der Waals surface area contributed by atoms with Gasteiger partial charge in [-0.15, -0.1) is 0 Å². The average Bonchev–Trinajstić information content (AvgIpc) is 2.39. The first-order valence-corrected chi connectivity index (χ1v) is 6.61. The van der Waals surface area contributed by atoms with Crippen LogP contribution in [0.1, 0.15) is 24.5 Å². The zero-order valence-electron chi connectivity index (χ0n) is 11.5. The molecule has 0 bridgehead atoms. The van der Waals surface area contributed by atoms with Crippen molar-refractivity contribution in [3.8, 4) is 6.07 Å². The van der Waals surface area contributed by atoms with Crippen LogP contribution in [0.3, 0.4) is 0 Å². The van der Waals surface area contributed by atoms with Gasteiger partial charge in [0.1, 0.15) is 6.07 Å². The summed E-state index contributed by atoms with van der Waals surface area (Å²) >= 11 is 0. The maximum absolute atomic E-state index is 9.26. The quantitative estimate of drug-likeness (QED) is 0.799. The molecule has 1 fully saturated rings. The highest BCUT2D eigenvalue weighted by Gasteiger charge is 2.24. The molecule has 0 N–H and O–H groups in total. The molecule has 96 valence electrons. The van der Waals surface area contributed by atoms with Crippen molar-refractivity contribution in [2.45, 2.75) is 26.3 Å². The second-order valence-corrected chi connectivity index (χ2v) is 5.12. The van der Waals surface area contributed by atoms with Crippen LogP contribution in [0.4, 0.5) is 5.69 Å². The molecular formula is C15H21N3. The standard InChI is InChI=1S/C15H21N3/c1-4-14-11-18(8-7-17(14)3)15-6-5-12(2)9-13(15)10-16/h5-6,9,14H,4,7-8,11H2,1-3H3. The van der Waals surface area contributed by atoms with Crippen LogP contribution in [0.2, 0.25) is 0 Å². The van der Waals surface area contributed by atoms with Gasteiger partial charge in [0.2, 0.25) is 0 Å². The molecule has 3 heteroatoms. The lowest BCUT2D eigenvalue weighted by molar-refractivity contribution is 0.213. The fraction of sp³-hybridized carbons (Fsp3) is 0.533. The minimum absolute atomic E-state index is 0.589. The number of hydrogen-bond donors (Lipinski definition) is 0. The Hall–Kier alpha value is -1.53. The summed E-state index contributed by atoms with van der Waals surface area (Å²) in [6, 6.07) is 9.07. The normalized spacial score (nSPS) is 20.8. The topological polar surface area (TPSA) is 30.3 Å². The van der Waals surface area contributed by atoms with Crippen molar-refractivity contribution in [3.63, 3.8) is 0 Å². The summed E-state index contributed by atoms with van der Waals surface area (Å²) in [5.74, 6) is 0. The predicted molar refractivity (Wildman–Crippen MR) is 74.8 cm³/mol. The molecule has 0 amide bonds. The van der Waals surface area contributed by atoms with E-state index in [-0.39, 0.29) is 0 Å². The Morgan fingerprint density at radius 3 is 2.83 bits per heavy atom. The second kappa shape index (κ2) is 5.41. The van der Waals surface area contributed by atoms with Crippen LogP contribution < -0.4 is 4.90 Å². The molecule has 1 aliphatic heterocycles. The molecule has 0 saturated carbocycles. The first-order valence-electron chi connectivity index (χ1n) is 6.61. The van der Waals surface area contributed by atoms with E-state index in [1.807, 2.05) is 13.0 Å². The summed E-state index contributed by atoms with van der Waals surface area (Å²) in [5.41, 5.74) is 3.04. The highest BCUT2D eigenvalue weighted by molar-refractivity contribution is 5.60. The highest BCUT2D eigenvalue weighted by atomic mass is 15.3. The van der Waals surface area contributed by atoms with Crippen LogP contribution in [0.15, 0.2) is 18.2 Å². The molecule has 1 saturated heterocycles. The van der Waals surface area contributed by atoms with Crippen molar-refractivity contribution in [2.75, 3.05) is 31.6 Å². The van der Waals surface area contributed by atoms with Crippen LogP contribution in [0.5, 0.6) is 0 Å². The molecular weight excluding hydrogens is 222 g/mol. The Labute approximate surface area is 110 Å². The molecule has 2 rings (SSSR count). The summed E-state index contributed by atoms with van der Waals surface area (Å²) in [4.78, 5) is 4.77. The number of benzene rings is 1. The zero-order valence-corrected chi connectivity index (χ0v) is 11.5. The molecule has 1 unspecified atom stereocenters. The van der Waals surface area contributed by atoms with Crippen LogP contribution in [0.25, 0.3) is 0 Å². The molecule has 1 aromatic carbocycles. The summed E-state index contributed by atoms with van der Waals surface area (Å²) in [5, 5.41) is 9.26. The predicted octanol–water partition coefficient (Wildman–Crippen LogP) is 2.40. The number of hydrogen-bond acceptors (Lipinski definition) is 3. The Morgan fingerprint density at radius 2 is 2.17 bits per heavy atom. The van der Waals surface area contributed by atoms with Gasteiger partial charge in [-0.25, -0.2) is 0 Å². The van der Waals surface area contributed by atoms with Crippen molar-refractivity contribution in [2.24, 2.45) is 0 Å². The molecule has 1 atom stereocenters. The SMILES string of the molecule is CCC1CN(c2ccc(C)cc2C#N)CCN1C. The van der Waals surface area contributed by atoms with Gasteiger partial charge >= 0.3 is 0 Å². The number of nitrogens with zero attached hydrogens (tertiary/aromatic N) is 3. The molecule has 1 aromatic rings. The minimum Gasteiger partial charge on any atom is -0.368 e. The number of anilines is 1. The maximum Gasteiger partial charge on any atom is 0.101 e. The molecule has 18 heavy (non-hydrogen) atoms. The molecule has 0 aromatic heterocycles. The van der Waals surface area contributed by atoms with E-state index in [0.717, 1.165) is 42.9 Å². The van der Waals surface area contributed by atoms with Gasteiger partial charge in [-0.2, -0.15) is 5.26 Å². The third-order valence-electron chi connectivity index (χ3n) is 3.86. The average molecular weight is 243 g/mol. The largest absolute Gasteiger partial charge is 0.368 e. The summed E-state index contributed by atoms with van der Waals surface area (Å²) in [7, 11) is 2.19. The fourth-order valence-corrected chi connectivity index (χ4v) is 2.62. The van der Waals surface area contributed by atoms with Gasteiger partial charge in [0, 0.05) is 25.7 Å². The van der Waals surface area contributed by atoms with Crippen LogP contribution >= 0.6 is 0 Å². The van der Waals surface area contributed by atoms with Crippen LogP contribution in [0, 0.1) is 18.3 Å². The monoisotopic (exact) mass is 243 g/mol. The Morgan fingerprint density at radius 1 is 1.39 bits per heavy atom. The Bertz CT molecular complexity index is 461. The first-order chi connectivity index (χ1) is 8.65. The highest BCUT2D eigenvalue weighted by Crippen LogP contribution is 2.24. The van der Waals surface area contributed by atoms with Gasteiger partial charge < -0.3 is 4.90 Å². The lowest BCUT2D eigenvalue weighted by Gasteiger charge is -2.40. The molecule has 3 nitrogen and oxygen atoms in total. The van der Waals surface area contributed by atoms with Gasteiger partial charge in [-0.1, -0.05) is 13.0 Å². The van der Waals surface area contributed by atoms with E-state index in [0.29, 0.717) is 6.04 Å². The van der Waals surface area contributed by atoms with Gasteiger partial charge in [-0.3, -0.25) is 4.90 Å². The zero-order chi connectivity index (χ0) is 13.1. The fourth-order valence-electron chi connectivity index (χ4n) is 2.62. The molecule has 0 aliphatic carbocycles. The van der Waals surface area contributed by atoms with Crippen molar-refractivity contribution >= 4 is 5.69 Å². The van der Waals surface area contributed by atoms with E-state index in [9.17, 15) is 5.26 Å². The Balaban J connectivity index is 2.25. The van der Waals surface area contributed by atoms with E-state index in [4.69, 9.17) is 0 Å². The van der Waals surface area contributed by atoms with Crippen molar-refractivity contribution in [1.82, 2.24) is 4.90 Å². The van der Waals surface area contributed by atoms with Gasteiger partial charge in [-0.05, 0) is 38.1 Å².